The summed E-state index contributed by atoms with van der Waals surface area (Å²) < 4.78 is 5.10. The molecule has 0 aliphatic carbocycles. The number of hydrogen-bond acceptors (Lipinski definition) is 2. The molecule has 0 saturated carbocycles. The molecule has 2 aromatic rings. The van der Waals surface area contributed by atoms with Crippen molar-refractivity contribution in [2.75, 3.05) is 5.32 Å². The third-order valence-corrected chi connectivity index (χ3v) is 2.69. The van der Waals surface area contributed by atoms with Crippen LogP contribution in [0.25, 0.3) is 0 Å². The van der Waals surface area contributed by atoms with Gasteiger partial charge in [0.15, 0.2) is 0 Å². The third kappa shape index (κ3) is 3.28. The molecule has 1 aromatic heterocycles. The molecule has 18 heavy (non-hydrogen) atoms. The van der Waals surface area contributed by atoms with E-state index >= 15 is 0 Å². The minimum Gasteiger partial charge on any atom is -0.467 e. The van der Waals surface area contributed by atoms with Crippen molar-refractivity contribution in [2.45, 2.75) is 13.5 Å². The van der Waals surface area contributed by atoms with Gasteiger partial charge in [-0.2, -0.15) is 0 Å². The van der Waals surface area contributed by atoms with Gasteiger partial charge < -0.3 is 15.1 Å². The van der Waals surface area contributed by atoms with Crippen LogP contribution in [0.2, 0.25) is 5.02 Å². The maximum Gasteiger partial charge on any atom is 0.319 e. The number of benzene rings is 1. The molecule has 94 valence electrons. The molecule has 0 aliphatic heterocycles. The Labute approximate surface area is 110 Å². The summed E-state index contributed by atoms with van der Waals surface area (Å²) in [7, 11) is 0. The van der Waals surface area contributed by atoms with Gasteiger partial charge in [0.25, 0.3) is 0 Å². The number of carbonyl (C=O) groups is 1. The largest absolute Gasteiger partial charge is 0.467 e. The van der Waals surface area contributed by atoms with Gasteiger partial charge in [-0.1, -0.05) is 17.7 Å². The highest BCUT2D eigenvalue weighted by atomic mass is 35.5. The van der Waals surface area contributed by atoms with Crippen molar-refractivity contribution in [3.63, 3.8) is 0 Å². The number of nitrogens with one attached hydrogen (secondary N) is 2. The highest BCUT2D eigenvalue weighted by Gasteiger charge is 2.06. The number of amides is 2. The molecule has 0 bridgehead atoms. The van der Waals surface area contributed by atoms with Crippen molar-refractivity contribution in [3.8, 4) is 0 Å². The normalized spacial score (nSPS) is 10.1. The first-order chi connectivity index (χ1) is 8.65. The lowest BCUT2D eigenvalue weighted by molar-refractivity contribution is 0.251. The molecule has 0 atom stereocenters. The maximum absolute atomic E-state index is 11.6. The van der Waals surface area contributed by atoms with E-state index in [1.54, 1.807) is 30.5 Å². The summed E-state index contributed by atoms with van der Waals surface area (Å²) in [6.45, 7) is 2.27. The highest BCUT2D eigenvalue weighted by Crippen LogP contribution is 2.22. The van der Waals surface area contributed by atoms with E-state index in [9.17, 15) is 4.79 Å². The summed E-state index contributed by atoms with van der Waals surface area (Å²) in [6.07, 6.45) is 1.56. The quantitative estimate of drug-likeness (QED) is 0.891. The molecule has 0 saturated heterocycles. The molecule has 2 amide bonds. The van der Waals surface area contributed by atoms with Crippen LogP contribution in [0.1, 0.15) is 11.3 Å². The van der Waals surface area contributed by atoms with E-state index in [1.165, 1.54) is 0 Å². The van der Waals surface area contributed by atoms with Gasteiger partial charge in [0, 0.05) is 0 Å². The van der Waals surface area contributed by atoms with Crippen molar-refractivity contribution in [3.05, 3.63) is 52.9 Å². The van der Waals surface area contributed by atoms with E-state index in [0.29, 0.717) is 23.0 Å². The van der Waals surface area contributed by atoms with E-state index in [4.69, 9.17) is 16.0 Å². The molecular formula is C13H13ClN2O2. The second-order valence-electron chi connectivity index (χ2n) is 3.87. The van der Waals surface area contributed by atoms with Crippen LogP contribution < -0.4 is 10.6 Å². The van der Waals surface area contributed by atoms with E-state index < -0.39 is 0 Å². The third-order valence-electron chi connectivity index (χ3n) is 2.38. The number of furan rings is 1. The highest BCUT2D eigenvalue weighted by molar-refractivity contribution is 6.33. The summed E-state index contributed by atoms with van der Waals surface area (Å²) in [5.41, 5.74) is 1.63. The zero-order valence-electron chi connectivity index (χ0n) is 9.87. The van der Waals surface area contributed by atoms with Crippen LogP contribution in [0.3, 0.4) is 0 Å². The van der Waals surface area contributed by atoms with Gasteiger partial charge in [0.05, 0.1) is 23.5 Å². The fraction of sp³-hybridized carbons (Fsp3) is 0.154. The summed E-state index contributed by atoms with van der Waals surface area (Å²) in [5, 5.41) is 5.87. The predicted octanol–water partition coefficient (Wildman–Crippen LogP) is 3.56. The molecule has 2 N–H and O–H groups in total. The molecular weight excluding hydrogens is 252 g/mol. The van der Waals surface area contributed by atoms with E-state index in [1.807, 2.05) is 13.0 Å². The van der Waals surface area contributed by atoms with Gasteiger partial charge in [0.2, 0.25) is 0 Å². The minimum absolute atomic E-state index is 0.322. The van der Waals surface area contributed by atoms with Crippen molar-refractivity contribution in [1.82, 2.24) is 5.32 Å². The van der Waals surface area contributed by atoms with Crippen LogP contribution in [0.15, 0.2) is 41.0 Å². The first-order valence-corrected chi connectivity index (χ1v) is 5.86. The first-order valence-electron chi connectivity index (χ1n) is 5.48. The number of rotatable bonds is 3. The fourth-order valence-electron chi connectivity index (χ4n) is 1.47. The fourth-order valence-corrected chi connectivity index (χ4v) is 1.75. The molecule has 2 rings (SSSR count). The van der Waals surface area contributed by atoms with Gasteiger partial charge in [0.1, 0.15) is 5.76 Å². The SMILES string of the molecule is Cc1ccc(NC(=O)NCc2ccco2)c(Cl)c1. The molecule has 0 spiro atoms. The number of carbonyl (C=O) groups excluding carboxylic acids is 1. The number of aryl methyl sites for hydroxylation is 1. The van der Waals surface area contributed by atoms with Gasteiger partial charge in [-0.3, -0.25) is 0 Å². The molecule has 0 radical (unpaired) electrons. The van der Waals surface area contributed by atoms with Crippen LogP contribution in [-0.2, 0) is 6.54 Å². The maximum atomic E-state index is 11.6. The summed E-state index contributed by atoms with van der Waals surface area (Å²) in [6, 6.07) is 8.68. The van der Waals surface area contributed by atoms with E-state index in [0.717, 1.165) is 5.56 Å². The molecule has 4 nitrogen and oxygen atoms in total. The Bertz CT molecular complexity index is 538. The average molecular weight is 265 g/mol. The van der Waals surface area contributed by atoms with Crippen LogP contribution >= 0.6 is 11.6 Å². The standard InChI is InChI=1S/C13H13ClN2O2/c1-9-4-5-12(11(14)7-9)16-13(17)15-8-10-3-2-6-18-10/h2-7H,8H2,1H3,(H2,15,16,17). The molecule has 1 aromatic carbocycles. The van der Waals surface area contributed by atoms with Gasteiger partial charge in [-0.15, -0.1) is 0 Å². The molecule has 5 heteroatoms. The Kier molecular flexibility index (Phi) is 3.89. The summed E-state index contributed by atoms with van der Waals surface area (Å²) in [4.78, 5) is 11.6. The average Bonchev–Trinajstić information content (AvgIpc) is 2.83. The number of hydrogen-bond donors (Lipinski definition) is 2. The monoisotopic (exact) mass is 264 g/mol. The lowest BCUT2D eigenvalue weighted by atomic mass is 10.2. The molecule has 0 fully saturated rings. The van der Waals surface area contributed by atoms with Gasteiger partial charge >= 0.3 is 6.03 Å². The lowest BCUT2D eigenvalue weighted by Gasteiger charge is -2.08. The Morgan fingerprint density at radius 1 is 1.39 bits per heavy atom. The number of urea groups is 1. The van der Waals surface area contributed by atoms with Crippen molar-refractivity contribution in [2.24, 2.45) is 0 Å². The zero-order chi connectivity index (χ0) is 13.0. The predicted molar refractivity (Wildman–Crippen MR) is 70.8 cm³/mol. The summed E-state index contributed by atoms with van der Waals surface area (Å²) >= 11 is 6.01. The Morgan fingerprint density at radius 3 is 2.89 bits per heavy atom. The van der Waals surface area contributed by atoms with Crippen molar-refractivity contribution >= 4 is 23.3 Å². The molecule has 1 heterocycles. The van der Waals surface area contributed by atoms with E-state index in [-0.39, 0.29) is 6.03 Å². The van der Waals surface area contributed by atoms with Gasteiger partial charge in [-0.05, 0) is 36.8 Å². The van der Waals surface area contributed by atoms with E-state index in [2.05, 4.69) is 10.6 Å². The minimum atomic E-state index is -0.322. The smallest absolute Gasteiger partial charge is 0.319 e. The summed E-state index contributed by atoms with van der Waals surface area (Å²) in [5.74, 6) is 0.695. The zero-order valence-corrected chi connectivity index (χ0v) is 10.6. The Balaban J connectivity index is 1.91. The van der Waals surface area contributed by atoms with Gasteiger partial charge in [-0.25, -0.2) is 4.79 Å². The topological polar surface area (TPSA) is 54.3 Å². The molecule has 0 aliphatic rings. The van der Waals surface area contributed by atoms with Crippen LogP contribution in [-0.4, -0.2) is 6.03 Å². The number of anilines is 1. The number of halogens is 1. The second kappa shape index (κ2) is 5.60. The van der Waals surface area contributed by atoms with Crippen LogP contribution in [0.5, 0.6) is 0 Å². The van der Waals surface area contributed by atoms with Crippen molar-refractivity contribution < 1.29 is 9.21 Å². The van der Waals surface area contributed by atoms with Crippen LogP contribution in [0, 0.1) is 6.92 Å². The second-order valence-corrected chi connectivity index (χ2v) is 4.28. The van der Waals surface area contributed by atoms with Crippen molar-refractivity contribution in [1.29, 1.82) is 0 Å². The Hall–Kier alpha value is -1.94. The Morgan fingerprint density at radius 2 is 2.22 bits per heavy atom. The van der Waals surface area contributed by atoms with Crippen LogP contribution in [0.4, 0.5) is 10.5 Å². The lowest BCUT2D eigenvalue weighted by Crippen LogP contribution is -2.28. The first kappa shape index (κ1) is 12.5. The molecule has 0 unspecified atom stereocenters.